The zero-order valence-electron chi connectivity index (χ0n) is 22.0. The van der Waals surface area contributed by atoms with Gasteiger partial charge in [-0.2, -0.15) is 5.26 Å². The van der Waals surface area contributed by atoms with E-state index in [1.807, 2.05) is 39.8 Å². The molecule has 0 bridgehead atoms. The quantitative estimate of drug-likeness (QED) is 0.160. The number of nitrogens with zero attached hydrogens (tertiary/aromatic N) is 3. The predicted molar refractivity (Wildman–Crippen MR) is 141 cm³/mol. The maximum atomic E-state index is 11.5. The normalized spacial score (nSPS) is 8.94. The molecular formula is C27H30IN3O4Zn. The van der Waals surface area contributed by atoms with Crippen molar-refractivity contribution in [2.24, 2.45) is 0 Å². The van der Waals surface area contributed by atoms with Crippen LogP contribution in [0.15, 0.2) is 24.3 Å². The van der Waals surface area contributed by atoms with Gasteiger partial charge in [-0.3, -0.25) is 0 Å². The summed E-state index contributed by atoms with van der Waals surface area (Å²) < 4.78 is 10.5. The van der Waals surface area contributed by atoms with Crippen LogP contribution in [0, 0.1) is 52.4 Å². The van der Waals surface area contributed by atoms with E-state index in [1.54, 1.807) is 6.07 Å². The number of halogens is 1. The van der Waals surface area contributed by atoms with Crippen LogP contribution < -0.4 is 0 Å². The Kier molecular flexibility index (Phi) is 20.3. The first-order chi connectivity index (χ1) is 16.5. The molecule has 2 aromatic carbocycles. The van der Waals surface area contributed by atoms with Crippen LogP contribution in [0.1, 0.15) is 88.1 Å². The van der Waals surface area contributed by atoms with Gasteiger partial charge in [0.25, 0.3) is 0 Å². The molecule has 0 heterocycles. The summed E-state index contributed by atoms with van der Waals surface area (Å²) in [6.07, 6.45) is 0. The summed E-state index contributed by atoms with van der Waals surface area (Å²) in [5.74, 6) is 0.0763. The average Bonchev–Trinajstić information content (AvgIpc) is 2.86. The van der Waals surface area contributed by atoms with E-state index in [-0.39, 0.29) is 31.4 Å². The SMILES string of the molecule is COC(=O)c1cc(C#N)c(C(C)C)cc1C.COC(=O)c1cc(I)c(C(C)C)cc1C.[C-]#N.[C-]#N.[Zn+2]. The monoisotopic (exact) mass is 651 g/mol. The molecule has 0 radical (unpaired) electrons. The van der Waals surface area contributed by atoms with E-state index in [2.05, 4.69) is 53.3 Å². The van der Waals surface area contributed by atoms with Crippen molar-refractivity contribution >= 4 is 34.5 Å². The molecule has 2 aromatic rings. The molecule has 0 spiro atoms. The standard InChI is InChI=1S/C13H15NO2.C12H15IO2.2CN.Zn/c1-8(2)11-5-9(3)12(13(15)16-4)6-10(11)7-14;1-7(2)9-5-8(3)10(6-11(9)13)12(14)15-4;2*1-2;/h5-6,8H,1-4H3;5-7H,1-4H3;;;/q;;2*-1;+2. The second-order valence-electron chi connectivity index (χ2n) is 7.85. The number of hydrogen-bond acceptors (Lipinski definition) is 7. The maximum absolute atomic E-state index is 11.5. The van der Waals surface area contributed by atoms with Gasteiger partial charge >= 0.3 is 31.4 Å². The number of carbonyl (C=O) groups excluding carboxylic acids is 2. The fourth-order valence-electron chi connectivity index (χ4n) is 3.11. The van der Waals surface area contributed by atoms with Crippen LogP contribution in [0.4, 0.5) is 0 Å². The number of nitriles is 1. The molecule has 0 aliphatic carbocycles. The summed E-state index contributed by atoms with van der Waals surface area (Å²) in [5, 5.41) is 21.5. The Morgan fingerprint density at radius 1 is 0.806 bits per heavy atom. The van der Waals surface area contributed by atoms with Gasteiger partial charge in [0.2, 0.25) is 0 Å². The molecule has 0 aromatic heterocycles. The van der Waals surface area contributed by atoms with Gasteiger partial charge in [0.15, 0.2) is 0 Å². The molecular weight excluding hydrogens is 623 g/mol. The van der Waals surface area contributed by atoms with Gasteiger partial charge < -0.3 is 33.1 Å². The van der Waals surface area contributed by atoms with Crippen LogP contribution in [0.25, 0.3) is 0 Å². The van der Waals surface area contributed by atoms with Crippen molar-refractivity contribution in [3.8, 4) is 6.07 Å². The smallest absolute Gasteiger partial charge is 0.512 e. The molecule has 0 aliphatic rings. The summed E-state index contributed by atoms with van der Waals surface area (Å²) in [4.78, 5) is 22.9. The number of carbonyl (C=O) groups is 2. The molecule has 0 aliphatic heterocycles. The second kappa shape index (κ2) is 19.4. The summed E-state index contributed by atoms with van der Waals surface area (Å²) in [6, 6.07) is 9.58. The van der Waals surface area contributed by atoms with E-state index in [9.17, 15) is 9.59 Å². The Bertz CT molecular complexity index is 1100. The number of hydrogen-bond donors (Lipinski definition) is 0. The first-order valence-electron chi connectivity index (χ1n) is 10.4. The molecule has 2 rings (SSSR count). The Morgan fingerprint density at radius 2 is 1.17 bits per heavy atom. The zero-order valence-corrected chi connectivity index (χ0v) is 27.1. The predicted octanol–water partition coefficient (Wildman–Crippen LogP) is 6.48. The summed E-state index contributed by atoms with van der Waals surface area (Å²) in [6.45, 7) is 21.6. The fraction of sp³-hybridized carbons (Fsp3) is 0.370. The number of aryl methyl sites for hydroxylation is 2. The van der Waals surface area contributed by atoms with Crippen LogP contribution in [-0.2, 0) is 29.0 Å². The first-order valence-corrected chi connectivity index (χ1v) is 11.5. The second-order valence-corrected chi connectivity index (χ2v) is 9.01. The van der Waals surface area contributed by atoms with Gasteiger partial charge in [0.1, 0.15) is 0 Å². The van der Waals surface area contributed by atoms with Crippen LogP contribution in [0.5, 0.6) is 0 Å². The van der Waals surface area contributed by atoms with E-state index in [0.29, 0.717) is 22.6 Å². The molecule has 0 fully saturated rings. The van der Waals surface area contributed by atoms with Crippen LogP contribution in [-0.4, -0.2) is 26.2 Å². The molecule has 7 nitrogen and oxygen atoms in total. The van der Waals surface area contributed by atoms with Gasteiger partial charge in [-0.05, 0) is 82.7 Å². The Hall–Kier alpha value is -2.80. The van der Waals surface area contributed by atoms with Gasteiger partial charge in [-0.25, -0.2) is 9.59 Å². The van der Waals surface area contributed by atoms with E-state index in [1.165, 1.54) is 19.8 Å². The number of methoxy groups -OCH3 is 2. The van der Waals surface area contributed by atoms with E-state index in [4.69, 9.17) is 33.7 Å². The Labute approximate surface area is 241 Å². The van der Waals surface area contributed by atoms with Crippen molar-refractivity contribution < 1.29 is 38.5 Å². The van der Waals surface area contributed by atoms with Crippen molar-refractivity contribution in [1.29, 1.82) is 15.8 Å². The minimum absolute atomic E-state index is 0. The molecule has 0 saturated carbocycles. The number of ether oxygens (including phenoxy) is 2. The molecule has 0 amide bonds. The number of rotatable bonds is 4. The molecule has 36 heavy (non-hydrogen) atoms. The van der Waals surface area contributed by atoms with Gasteiger partial charge in [-0.15, -0.1) is 0 Å². The third-order valence-corrected chi connectivity index (χ3v) is 5.85. The minimum Gasteiger partial charge on any atom is -0.512 e. The molecule has 186 valence electrons. The average molecular weight is 653 g/mol. The fourth-order valence-corrected chi connectivity index (χ4v) is 4.20. The molecule has 0 saturated heterocycles. The van der Waals surface area contributed by atoms with Crippen LogP contribution in [0.2, 0.25) is 0 Å². The number of esters is 2. The first kappa shape index (κ1) is 37.7. The van der Waals surface area contributed by atoms with E-state index >= 15 is 0 Å². The molecule has 0 N–H and O–H groups in total. The van der Waals surface area contributed by atoms with Gasteiger partial charge in [0, 0.05) is 3.57 Å². The van der Waals surface area contributed by atoms with Crippen molar-refractivity contribution in [3.63, 3.8) is 0 Å². The topological polar surface area (TPSA) is 124 Å². The summed E-state index contributed by atoms with van der Waals surface area (Å²) in [7, 11) is 2.75. The Morgan fingerprint density at radius 3 is 1.50 bits per heavy atom. The van der Waals surface area contributed by atoms with Crippen molar-refractivity contribution in [2.45, 2.75) is 53.4 Å². The van der Waals surface area contributed by atoms with Crippen LogP contribution in [0.3, 0.4) is 0 Å². The third kappa shape index (κ3) is 10.9. The van der Waals surface area contributed by atoms with Gasteiger partial charge in [-0.1, -0.05) is 39.8 Å². The minimum atomic E-state index is -0.399. The van der Waals surface area contributed by atoms with Crippen molar-refractivity contribution in [3.05, 3.63) is 79.9 Å². The molecule has 0 unspecified atom stereocenters. The Balaban J connectivity index is -0.000000519. The van der Waals surface area contributed by atoms with E-state index < -0.39 is 5.97 Å². The summed E-state index contributed by atoms with van der Waals surface area (Å²) in [5.41, 5.74) is 5.73. The molecule has 0 atom stereocenters. The molecule has 9 heteroatoms. The third-order valence-electron chi connectivity index (χ3n) is 4.92. The zero-order chi connectivity index (χ0) is 27.9. The number of benzene rings is 2. The van der Waals surface area contributed by atoms with E-state index in [0.717, 1.165) is 20.3 Å². The van der Waals surface area contributed by atoms with Crippen LogP contribution >= 0.6 is 22.6 Å². The largest absolute Gasteiger partial charge is 2.00 e. The van der Waals surface area contributed by atoms with Crippen molar-refractivity contribution in [1.82, 2.24) is 0 Å². The maximum Gasteiger partial charge on any atom is 2.00 e. The van der Waals surface area contributed by atoms with Gasteiger partial charge in [0.05, 0.1) is 37.0 Å². The summed E-state index contributed by atoms with van der Waals surface area (Å²) >= 11 is 2.26. The van der Waals surface area contributed by atoms with Crippen molar-refractivity contribution in [2.75, 3.05) is 14.2 Å².